The minimum absolute atomic E-state index is 0.0381. The molecule has 8 nitrogen and oxygen atoms in total. The van der Waals surface area contributed by atoms with E-state index in [9.17, 15) is 14.4 Å². The number of anilines is 2. The zero-order valence-electron chi connectivity index (χ0n) is 17.9. The molecule has 1 spiro atoms. The van der Waals surface area contributed by atoms with E-state index in [0.29, 0.717) is 6.42 Å². The quantitative estimate of drug-likeness (QED) is 0.683. The minimum Gasteiger partial charge on any atom is -0.369 e. The summed E-state index contributed by atoms with van der Waals surface area (Å²) in [4.78, 5) is 44.5. The number of piperazine rings is 1. The minimum atomic E-state index is -0.595. The van der Waals surface area contributed by atoms with Crippen molar-refractivity contribution in [2.75, 3.05) is 49.1 Å². The SMILES string of the molecule is CC1(N2CCN(c3cccc4c3C3(CC3)C(=O)N4C3CCC(=O)NC3=O)CC2)CNC1. The van der Waals surface area contributed by atoms with Crippen LogP contribution in [0.1, 0.15) is 38.2 Å². The van der Waals surface area contributed by atoms with Crippen LogP contribution in [0.5, 0.6) is 0 Å². The van der Waals surface area contributed by atoms with E-state index in [1.54, 1.807) is 4.90 Å². The Morgan fingerprint density at radius 2 is 1.71 bits per heavy atom. The maximum atomic E-state index is 13.6. The number of hydrogen-bond acceptors (Lipinski definition) is 6. The molecule has 1 atom stereocenters. The molecule has 4 heterocycles. The molecule has 8 heteroatoms. The average Bonchev–Trinajstić information content (AvgIpc) is 3.51. The number of fused-ring (bicyclic) bond motifs is 2. The highest BCUT2D eigenvalue weighted by molar-refractivity contribution is 6.16. The molecule has 4 aliphatic heterocycles. The van der Waals surface area contributed by atoms with Gasteiger partial charge >= 0.3 is 0 Å². The standard InChI is InChI=1S/C23H29N5O3/c1-22(13-24-14-22)27-11-9-26(10-12-27)15-3-2-4-16-19(15)23(7-8-23)21(31)28(16)17-5-6-18(29)25-20(17)30/h2-4,17,24H,5-14H2,1H3,(H,25,29,30). The number of hydrogen-bond donors (Lipinski definition) is 2. The summed E-state index contributed by atoms with van der Waals surface area (Å²) < 4.78 is 0. The molecule has 0 radical (unpaired) electrons. The smallest absolute Gasteiger partial charge is 0.249 e. The van der Waals surface area contributed by atoms with Gasteiger partial charge in [-0.15, -0.1) is 0 Å². The van der Waals surface area contributed by atoms with Gasteiger partial charge in [-0.1, -0.05) is 6.07 Å². The van der Waals surface area contributed by atoms with Crippen molar-refractivity contribution in [3.05, 3.63) is 23.8 Å². The molecule has 5 aliphatic rings. The van der Waals surface area contributed by atoms with Crippen LogP contribution < -0.4 is 20.4 Å². The normalized spacial score (nSPS) is 29.1. The third-order valence-corrected chi connectivity index (χ3v) is 8.05. The molecule has 1 aliphatic carbocycles. The Morgan fingerprint density at radius 1 is 1.00 bits per heavy atom. The summed E-state index contributed by atoms with van der Waals surface area (Å²) in [7, 11) is 0. The van der Waals surface area contributed by atoms with Crippen LogP contribution in [0.4, 0.5) is 11.4 Å². The van der Waals surface area contributed by atoms with Crippen LogP contribution in [0.2, 0.25) is 0 Å². The molecule has 0 aromatic heterocycles. The molecular weight excluding hydrogens is 394 g/mol. The highest BCUT2D eigenvalue weighted by Crippen LogP contribution is 2.60. The lowest BCUT2D eigenvalue weighted by Crippen LogP contribution is -2.70. The third-order valence-electron chi connectivity index (χ3n) is 8.05. The number of imide groups is 1. The number of benzene rings is 1. The van der Waals surface area contributed by atoms with Crippen molar-refractivity contribution in [1.82, 2.24) is 15.5 Å². The number of amides is 3. The number of carbonyl (C=O) groups excluding carboxylic acids is 3. The Hall–Kier alpha value is -2.45. The van der Waals surface area contributed by atoms with E-state index in [4.69, 9.17) is 0 Å². The Kier molecular flexibility index (Phi) is 4.05. The lowest BCUT2D eigenvalue weighted by molar-refractivity contribution is -0.135. The van der Waals surface area contributed by atoms with Crippen LogP contribution in [-0.4, -0.2) is 73.5 Å². The van der Waals surface area contributed by atoms with E-state index in [1.165, 1.54) is 0 Å². The molecule has 1 aromatic rings. The molecule has 1 unspecified atom stereocenters. The Labute approximate surface area is 181 Å². The van der Waals surface area contributed by atoms with Gasteiger partial charge < -0.3 is 10.2 Å². The molecule has 6 rings (SSSR count). The molecule has 0 bridgehead atoms. The molecule has 3 amide bonds. The van der Waals surface area contributed by atoms with Gasteiger partial charge in [0.05, 0.1) is 11.1 Å². The molecule has 2 N–H and O–H groups in total. The van der Waals surface area contributed by atoms with Gasteiger partial charge in [0.25, 0.3) is 0 Å². The molecule has 1 saturated carbocycles. The maximum Gasteiger partial charge on any atom is 0.249 e. The maximum absolute atomic E-state index is 13.6. The summed E-state index contributed by atoms with van der Waals surface area (Å²) in [5, 5.41) is 5.81. The summed E-state index contributed by atoms with van der Waals surface area (Å²) in [6, 6.07) is 5.53. The highest BCUT2D eigenvalue weighted by atomic mass is 16.2. The van der Waals surface area contributed by atoms with Gasteiger partial charge in [-0.25, -0.2) is 0 Å². The lowest BCUT2D eigenvalue weighted by Gasteiger charge is -2.51. The van der Waals surface area contributed by atoms with Gasteiger partial charge in [0.1, 0.15) is 6.04 Å². The second-order valence-electron chi connectivity index (χ2n) is 9.97. The van der Waals surface area contributed by atoms with Crippen LogP contribution in [0, 0.1) is 0 Å². The third kappa shape index (κ3) is 2.70. The van der Waals surface area contributed by atoms with Crippen LogP contribution in [0.25, 0.3) is 0 Å². The first kappa shape index (κ1) is 19.3. The summed E-state index contributed by atoms with van der Waals surface area (Å²) in [5.41, 5.74) is 2.91. The first-order valence-corrected chi connectivity index (χ1v) is 11.4. The fourth-order valence-corrected chi connectivity index (χ4v) is 5.95. The summed E-state index contributed by atoms with van der Waals surface area (Å²) >= 11 is 0. The van der Waals surface area contributed by atoms with Crippen molar-refractivity contribution in [2.24, 2.45) is 0 Å². The lowest BCUT2D eigenvalue weighted by atomic mass is 9.91. The Bertz CT molecular complexity index is 975. The molecule has 31 heavy (non-hydrogen) atoms. The average molecular weight is 424 g/mol. The van der Waals surface area contributed by atoms with E-state index in [-0.39, 0.29) is 29.7 Å². The summed E-state index contributed by atoms with van der Waals surface area (Å²) in [6.07, 6.45) is 2.34. The monoisotopic (exact) mass is 423 g/mol. The topological polar surface area (TPSA) is 85.0 Å². The molecule has 164 valence electrons. The van der Waals surface area contributed by atoms with E-state index in [2.05, 4.69) is 33.4 Å². The molecule has 4 fully saturated rings. The highest BCUT2D eigenvalue weighted by Gasteiger charge is 2.62. The van der Waals surface area contributed by atoms with E-state index in [1.807, 2.05) is 12.1 Å². The van der Waals surface area contributed by atoms with Gasteiger partial charge in [-0.05, 0) is 38.3 Å². The predicted octanol–water partition coefficient (Wildman–Crippen LogP) is 0.354. The second-order valence-corrected chi connectivity index (χ2v) is 9.97. The first-order chi connectivity index (χ1) is 14.9. The van der Waals surface area contributed by atoms with Crippen molar-refractivity contribution in [1.29, 1.82) is 0 Å². The Morgan fingerprint density at radius 3 is 2.32 bits per heavy atom. The summed E-state index contributed by atoms with van der Waals surface area (Å²) in [5.74, 6) is -0.568. The zero-order chi connectivity index (χ0) is 21.4. The van der Waals surface area contributed by atoms with Gasteiger partial charge in [0.2, 0.25) is 17.7 Å². The van der Waals surface area contributed by atoms with Crippen molar-refractivity contribution < 1.29 is 14.4 Å². The van der Waals surface area contributed by atoms with Gasteiger partial charge in [-0.2, -0.15) is 0 Å². The predicted molar refractivity (Wildman–Crippen MR) is 116 cm³/mol. The van der Waals surface area contributed by atoms with Crippen molar-refractivity contribution in [3.8, 4) is 0 Å². The number of piperidine rings is 1. The van der Waals surface area contributed by atoms with E-state index >= 15 is 0 Å². The second kappa shape index (κ2) is 6.53. The zero-order valence-corrected chi connectivity index (χ0v) is 17.9. The first-order valence-electron chi connectivity index (χ1n) is 11.4. The number of nitrogens with zero attached hydrogens (tertiary/aromatic N) is 3. The summed E-state index contributed by atoms with van der Waals surface area (Å²) in [6.45, 7) is 8.33. The van der Waals surface area contributed by atoms with Crippen molar-refractivity contribution >= 4 is 29.1 Å². The number of rotatable bonds is 3. The molecule has 3 saturated heterocycles. The van der Waals surface area contributed by atoms with Gasteiger partial charge in [0.15, 0.2) is 0 Å². The fraction of sp³-hybridized carbons (Fsp3) is 0.609. The van der Waals surface area contributed by atoms with Crippen LogP contribution >= 0.6 is 0 Å². The number of carbonyl (C=O) groups is 3. The molecule has 1 aromatic carbocycles. The number of nitrogens with one attached hydrogen (secondary N) is 2. The van der Waals surface area contributed by atoms with E-state index in [0.717, 1.165) is 69.0 Å². The molecular formula is C23H29N5O3. The van der Waals surface area contributed by atoms with Crippen LogP contribution in [-0.2, 0) is 19.8 Å². The van der Waals surface area contributed by atoms with Crippen molar-refractivity contribution in [3.63, 3.8) is 0 Å². The van der Waals surface area contributed by atoms with Gasteiger partial charge in [0, 0.05) is 62.5 Å². The van der Waals surface area contributed by atoms with Crippen LogP contribution in [0.15, 0.2) is 18.2 Å². The Balaban J connectivity index is 1.31. The van der Waals surface area contributed by atoms with Crippen LogP contribution in [0.3, 0.4) is 0 Å². The van der Waals surface area contributed by atoms with E-state index < -0.39 is 11.5 Å². The van der Waals surface area contributed by atoms with Crippen molar-refractivity contribution in [2.45, 2.75) is 49.6 Å². The fourth-order valence-electron chi connectivity index (χ4n) is 5.95. The van der Waals surface area contributed by atoms with Gasteiger partial charge in [-0.3, -0.25) is 29.5 Å². The largest absolute Gasteiger partial charge is 0.369 e.